The fourth-order valence-corrected chi connectivity index (χ4v) is 1.83. The lowest BCUT2D eigenvalue weighted by Gasteiger charge is -2.16. The lowest BCUT2D eigenvalue weighted by molar-refractivity contribution is 0.461. The maximum atomic E-state index is 13.4. The average molecular weight is 232 g/mol. The molecule has 1 rings (SSSR count). The van der Waals surface area contributed by atoms with Gasteiger partial charge < -0.3 is 0 Å². The van der Waals surface area contributed by atoms with Crippen LogP contribution >= 0.6 is 11.8 Å². The maximum Gasteiger partial charge on any atom is 0.163 e. The molecule has 1 atom stereocenters. The molecule has 0 aliphatic carbocycles. The Hall–Kier alpha value is -0.650. The molecule has 0 spiro atoms. The number of hydrogen-bond donors (Lipinski definition) is 2. The number of nitrogens with one attached hydrogen (secondary N) is 1. The normalized spacial score (nSPS) is 12.8. The summed E-state index contributed by atoms with van der Waals surface area (Å²) in [7, 11) is 0. The Kier molecular flexibility index (Phi) is 5.01. The van der Waals surface area contributed by atoms with Crippen molar-refractivity contribution in [1.82, 2.24) is 5.43 Å². The zero-order valence-corrected chi connectivity index (χ0v) is 9.28. The van der Waals surface area contributed by atoms with E-state index in [9.17, 15) is 8.78 Å². The summed E-state index contributed by atoms with van der Waals surface area (Å²) in [6.07, 6.45) is 2.62. The quantitative estimate of drug-likeness (QED) is 0.604. The SMILES string of the molecule is CSCCC(NN)c1cccc(F)c1F. The smallest absolute Gasteiger partial charge is 0.163 e. The summed E-state index contributed by atoms with van der Waals surface area (Å²) in [5, 5.41) is 0. The van der Waals surface area contributed by atoms with E-state index in [-0.39, 0.29) is 11.6 Å². The Morgan fingerprint density at radius 1 is 1.47 bits per heavy atom. The molecule has 0 saturated heterocycles. The van der Waals surface area contributed by atoms with E-state index >= 15 is 0 Å². The highest BCUT2D eigenvalue weighted by molar-refractivity contribution is 7.98. The van der Waals surface area contributed by atoms with E-state index in [0.717, 1.165) is 11.8 Å². The van der Waals surface area contributed by atoms with Gasteiger partial charge in [0.1, 0.15) is 0 Å². The van der Waals surface area contributed by atoms with Crippen LogP contribution < -0.4 is 11.3 Å². The largest absolute Gasteiger partial charge is 0.271 e. The molecule has 84 valence electrons. The van der Waals surface area contributed by atoms with Gasteiger partial charge in [-0.3, -0.25) is 11.3 Å². The molecular weight excluding hydrogens is 218 g/mol. The first-order valence-electron chi connectivity index (χ1n) is 4.59. The zero-order chi connectivity index (χ0) is 11.3. The summed E-state index contributed by atoms with van der Waals surface area (Å²) < 4.78 is 26.3. The molecule has 1 aromatic carbocycles. The van der Waals surface area contributed by atoms with Crippen molar-refractivity contribution >= 4 is 11.8 Å². The van der Waals surface area contributed by atoms with Crippen molar-refractivity contribution in [3.05, 3.63) is 35.4 Å². The van der Waals surface area contributed by atoms with Crippen LogP contribution in [-0.2, 0) is 0 Å². The monoisotopic (exact) mass is 232 g/mol. The van der Waals surface area contributed by atoms with Gasteiger partial charge in [-0.05, 0) is 24.5 Å². The number of hydrogen-bond acceptors (Lipinski definition) is 3. The van der Waals surface area contributed by atoms with Gasteiger partial charge in [-0.15, -0.1) is 0 Å². The minimum Gasteiger partial charge on any atom is -0.271 e. The Morgan fingerprint density at radius 2 is 2.20 bits per heavy atom. The van der Waals surface area contributed by atoms with E-state index in [1.807, 2.05) is 6.26 Å². The second kappa shape index (κ2) is 6.05. The Labute approximate surface area is 92.2 Å². The number of benzene rings is 1. The first-order valence-corrected chi connectivity index (χ1v) is 5.99. The third-order valence-corrected chi connectivity index (χ3v) is 2.81. The molecule has 3 N–H and O–H groups in total. The highest BCUT2D eigenvalue weighted by Crippen LogP contribution is 2.22. The Morgan fingerprint density at radius 3 is 2.80 bits per heavy atom. The zero-order valence-electron chi connectivity index (χ0n) is 8.47. The van der Waals surface area contributed by atoms with Gasteiger partial charge in [-0.2, -0.15) is 11.8 Å². The lowest BCUT2D eigenvalue weighted by Crippen LogP contribution is -2.29. The minimum atomic E-state index is -0.836. The van der Waals surface area contributed by atoms with Crippen LogP contribution in [0.25, 0.3) is 0 Å². The van der Waals surface area contributed by atoms with Gasteiger partial charge in [0.25, 0.3) is 0 Å². The predicted octanol–water partition coefficient (Wildman–Crippen LogP) is 2.22. The van der Waals surface area contributed by atoms with E-state index in [1.165, 1.54) is 6.07 Å². The van der Waals surface area contributed by atoms with Crippen molar-refractivity contribution in [3.63, 3.8) is 0 Å². The second-order valence-electron chi connectivity index (χ2n) is 3.14. The number of nitrogens with two attached hydrogens (primary N) is 1. The molecule has 1 unspecified atom stereocenters. The van der Waals surface area contributed by atoms with Crippen LogP contribution in [-0.4, -0.2) is 12.0 Å². The Bertz CT molecular complexity index is 320. The van der Waals surface area contributed by atoms with Gasteiger partial charge in [0, 0.05) is 11.6 Å². The average Bonchev–Trinajstić information content (AvgIpc) is 2.25. The summed E-state index contributed by atoms with van der Waals surface area (Å²) in [6.45, 7) is 0. The Balaban J connectivity index is 2.86. The van der Waals surface area contributed by atoms with Crippen LogP contribution in [0.2, 0.25) is 0 Å². The van der Waals surface area contributed by atoms with Gasteiger partial charge in [0.15, 0.2) is 11.6 Å². The van der Waals surface area contributed by atoms with Crippen molar-refractivity contribution in [2.45, 2.75) is 12.5 Å². The van der Waals surface area contributed by atoms with Crippen LogP contribution in [0.1, 0.15) is 18.0 Å². The summed E-state index contributed by atoms with van der Waals surface area (Å²) in [5.41, 5.74) is 2.79. The van der Waals surface area contributed by atoms with Crippen LogP contribution in [0.5, 0.6) is 0 Å². The molecule has 15 heavy (non-hydrogen) atoms. The fourth-order valence-electron chi connectivity index (χ4n) is 1.35. The van der Waals surface area contributed by atoms with Crippen LogP contribution in [0.4, 0.5) is 8.78 Å². The second-order valence-corrected chi connectivity index (χ2v) is 4.13. The third-order valence-electron chi connectivity index (χ3n) is 2.17. The molecule has 2 nitrogen and oxygen atoms in total. The van der Waals surface area contributed by atoms with E-state index < -0.39 is 11.6 Å². The summed E-state index contributed by atoms with van der Waals surface area (Å²) in [6, 6.07) is 3.79. The standard InChI is InChI=1S/C10H14F2N2S/c1-15-6-5-9(14-13)7-3-2-4-8(11)10(7)12/h2-4,9,14H,5-6,13H2,1H3. The van der Waals surface area contributed by atoms with E-state index in [4.69, 9.17) is 5.84 Å². The van der Waals surface area contributed by atoms with Gasteiger partial charge >= 0.3 is 0 Å². The summed E-state index contributed by atoms with van der Waals surface area (Å²) >= 11 is 1.64. The molecular formula is C10H14F2N2S. The molecule has 0 aliphatic heterocycles. The molecule has 0 saturated carbocycles. The van der Waals surface area contributed by atoms with Gasteiger partial charge in [-0.25, -0.2) is 8.78 Å². The highest BCUT2D eigenvalue weighted by atomic mass is 32.2. The molecule has 0 heterocycles. The number of halogens is 2. The molecule has 0 amide bonds. The molecule has 0 aliphatic rings. The predicted molar refractivity (Wildman–Crippen MR) is 59.4 cm³/mol. The molecule has 0 bridgehead atoms. The topological polar surface area (TPSA) is 38.0 Å². The van der Waals surface area contributed by atoms with Crippen LogP contribution in [0.3, 0.4) is 0 Å². The van der Waals surface area contributed by atoms with Crippen molar-refractivity contribution < 1.29 is 8.78 Å². The first-order chi connectivity index (χ1) is 7.20. The number of thioether (sulfide) groups is 1. The summed E-state index contributed by atoms with van der Waals surface area (Å²) in [5.74, 6) is 4.50. The molecule has 0 fully saturated rings. The van der Waals surface area contributed by atoms with Crippen molar-refractivity contribution in [1.29, 1.82) is 0 Å². The first kappa shape index (κ1) is 12.4. The summed E-state index contributed by atoms with van der Waals surface area (Å²) in [4.78, 5) is 0. The molecule has 5 heteroatoms. The molecule has 0 aromatic heterocycles. The number of rotatable bonds is 5. The van der Waals surface area contributed by atoms with E-state index in [2.05, 4.69) is 5.43 Å². The van der Waals surface area contributed by atoms with Crippen LogP contribution in [0.15, 0.2) is 18.2 Å². The van der Waals surface area contributed by atoms with Crippen molar-refractivity contribution in [2.75, 3.05) is 12.0 Å². The maximum absolute atomic E-state index is 13.4. The minimum absolute atomic E-state index is 0.284. The van der Waals surface area contributed by atoms with Gasteiger partial charge in [0.2, 0.25) is 0 Å². The molecule has 0 radical (unpaired) electrons. The lowest BCUT2D eigenvalue weighted by atomic mass is 10.0. The highest BCUT2D eigenvalue weighted by Gasteiger charge is 2.16. The van der Waals surface area contributed by atoms with Crippen molar-refractivity contribution in [2.24, 2.45) is 5.84 Å². The molecule has 1 aromatic rings. The van der Waals surface area contributed by atoms with Crippen LogP contribution in [0, 0.1) is 11.6 Å². The van der Waals surface area contributed by atoms with Gasteiger partial charge in [0.05, 0.1) is 0 Å². The van der Waals surface area contributed by atoms with E-state index in [1.54, 1.807) is 17.8 Å². The van der Waals surface area contributed by atoms with E-state index in [0.29, 0.717) is 6.42 Å². The number of hydrazine groups is 1. The fraction of sp³-hybridized carbons (Fsp3) is 0.400. The third kappa shape index (κ3) is 3.15. The van der Waals surface area contributed by atoms with Gasteiger partial charge in [-0.1, -0.05) is 12.1 Å². The van der Waals surface area contributed by atoms with Crippen molar-refractivity contribution in [3.8, 4) is 0 Å².